The van der Waals surface area contributed by atoms with E-state index in [1.807, 2.05) is 0 Å². The zero-order chi connectivity index (χ0) is 19.5. The smallest absolute Gasteiger partial charge is 0.120 e. The third-order valence-corrected chi connectivity index (χ3v) is 7.63. The molecule has 3 aliphatic carbocycles. The van der Waals surface area contributed by atoms with Crippen molar-refractivity contribution in [3.8, 4) is 0 Å². The molecule has 1 aromatic rings. The van der Waals surface area contributed by atoms with E-state index in [-0.39, 0.29) is 5.60 Å². The molecule has 1 saturated carbocycles. The average Bonchev–Trinajstić information content (AvgIpc) is 3.25. The van der Waals surface area contributed by atoms with Crippen LogP contribution in [0.1, 0.15) is 58.4 Å². The van der Waals surface area contributed by atoms with E-state index in [1.165, 1.54) is 48.1 Å². The Balaban J connectivity index is 1.44. The highest BCUT2D eigenvalue weighted by molar-refractivity contribution is 5.57. The Morgan fingerprint density at radius 2 is 2.04 bits per heavy atom. The number of hydrogen-bond acceptors (Lipinski definition) is 2. The van der Waals surface area contributed by atoms with Gasteiger partial charge in [-0.05, 0) is 84.8 Å². The molecule has 2 nitrogen and oxygen atoms in total. The second-order valence-corrected chi connectivity index (χ2v) is 9.94. The van der Waals surface area contributed by atoms with Crippen LogP contribution in [0.15, 0.2) is 58.7 Å². The van der Waals surface area contributed by atoms with Gasteiger partial charge in [-0.25, -0.2) is 0 Å². The zero-order valence-corrected chi connectivity index (χ0v) is 17.8. The van der Waals surface area contributed by atoms with Crippen LogP contribution >= 0.6 is 0 Å². The number of rotatable bonds is 4. The Morgan fingerprint density at radius 1 is 1.18 bits per heavy atom. The zero-order valence-electron chi connectivity index (χ0n) is 17.8. The van der Waals surface area contributed by atoms with Gasteiger partial charge < -0.3 is 10.1 Å². The number of hydrogen-bond donors (Lipinski definition) is 1. The molecule has 0 amide bonds. The van der Waals surface area contributed by atoms with E-state index >= 15 is 0 Å². The van der Waals surface area contributed by atoms with Crippen molar-refractivity contribution in [3.05, 3.63) is 64.3 Å². The molecule has 1 saturated heterocycles. The minimum Gasteiger partial charge on any atom is -0.381 e. The predicted octanol–water partition coefficient (Wildman–Crippen LogP) is 6.35. The summed E-state index contributed by atoms with van der Waals surface area (Å²) in [4.78, 5) is 0. The van der Waals surface area contributed by atoms with Gasteiger partial charge in [-0.1, -0.05) is 50.6 Å². The van der Waals surface area contributed by atoms with Gasteiger partial charge in [0.1, 0.15) is 5.60 Å². The summed E-state index contributed by atoms with van der Waals surface area (Å²) in [7, 11) is 0. The molecule has 0 bridgehead atoms. The highest BCUT2D eigenvalue weighted by Gasteiger charge is 2.64. The lowest BCUT2D eigenvalue weighted by atomic mass is 9.64. The first-order chi connectivity index (χ1) is 13.4. The van der Waals surface area contributed by atoms with Gasteiger partial charge in [-0.2, -0.15) is 0 Å². The van der Waals surface area contributed by atoms with Gasteiger partial charge in [0.25, 0.3) is 0 Å². The van der Waals surface area contributed by atoms with Crippen molar-refractivity contribution in [2.24, 2.45) is 11.3 Å². The Labute approximate surface area is 169 Å². The van der Waals surface area contributed by atoms with Gasteiger partial charge in [0.05, 0.1) is 6.10 Å². The van der Waals surface area contributed by atoms with E-state index in [9.17, 15) is 0 Å². The van der Waals surface area contributed by atoms with Crippen LogP contribution in [0, 0.1) is 18.3 Å². The first kappa shape index (κ1) is 18.2. The number of allylic oxidation sites excluding steroid dienone is 3. The average molecular weight is 376 g/mol. The summed E-state index contributed by atoms with van der Waals surface area (Å²) in [6, 6.07) is 8.64. The molecule has 148 valence electrons. The molecule has 0 radical (unpaired) electrons. The van der Waals surface area contributed by atoms with E-state index in [2.05, 4.69) is 69.4 Å². The molecule has 0 aromatic heterocycles. The van der Waals surface area contributed by atoms with Gasteiger partial charge in [0, 0.05) is 12.2 Å². The molecule has 1 heterocycles. The largest absolute Gasteiger partial charge is 0.381 e. The molecule has 28 heavy (non-hydrogen) atoms. The van der Waals surface area contributed by atoms with E-state index in [0.717, 1.165) is 13.0 Å². The Bertz CT molecular complexity index is 905. The molecule has 0 unspecified atom stereocenters. The lowest BCUT2D eigenvalue weighted by Crippen LogP contribution is -2.34. The quantitative estimate of drug-likeness (QED) is 0.620. The lowest BCUT2D eigenvalue weighted by molar-refractivity contribution is 0.235. The summed E-state index contributed by atoms with van der Waals surface area (Å²) >= 11 is 0. The van der Waals surface area contributed by atoms with Crippen LogP contribution in [0.25, 0.3) is 0 Å². The minimum absolute atomic E-state index is 0.0148. The Kier molecular flexibility index (Phi) is 4.14. The molecule has 3 atom stereocenters. The first-order valence-corrected chi connectivity index (χ1v) is 11.0. The number of ether oxygens (including phenoxy) is 1. The highest BCUT2D eigenvalue weighted by Crippen LogP contribution is 2.65. The number of anilines is 1. The number of fused-ring (bicyclic) bond motifs is 2. The van der Waals surface area contributed by atoms with Crippen molar-refractivity contribution in [1.29, 1.82) is 0 Å². The Hall–Kier alpha value is -1.80. The first-order valence-electron chi connectivity index (χ1n) is 11.0. The van der Waals surface area contributed by atoms with Crippen molar-refractivity contribution in [2.75, 3.05) is 11.9 Å². The summed E-state index contributed by atoms with van der Waals surface area (Å²) in [6.45, 7) is 10.3. The maximum atomic E-state index is 6.46. The molecular weight excluding hydrogens is 342 g/mol. The van der Waals surface area contributed by atoms with Crippen LogP contribution in [0.2, 0.25) is 0 Å². The fourth-order valence-corrected chi connectivity index (χ4v) is 5.90. The van der Waals surface area contributed by atoms with Crippen LogP contribution in [-0.4, -0.2) is 18.2 Å². The summed E-state index contributed by atoms with van der Waals surface area (Å²) in [5, 5.41) is 3.62. The fourth-order valence-electron chi connectivity index (χ4n) is 5.90. The third-order valence-electron chi connectivity index (χ3n) is 7.63. The molecule has 1 aromatic carbocycles. The van der Waals surface area contributed by atoms with E-state index in [1.54, 1.807) is 11.1 Å². The standard InChI is InChI=1S/C26H33NO/c1-17(2)21-10-11-25(4)12-13-26-22(24(21)25)9-8-19(15-23(26)28-26)16-27-20-7-5-6-18(3)14-20/h5-9,14,17,23,27H,10-13,15-16H2,1-4H3/t23-,25+,26-/m0/s1. The summed E-state index contributed by atoms with van der Waals surface area (Å²) in [5.41, 5.74) is 9.22. The normalized spacial score (nSPS) is 33.5. The van der Waals surface area contributed by atoms with Crippen LogP contribution in [0.4, 0.5) is 5.69 Å². The molecule has 4 aliphatic rings. The van der Waals surface area contributed by atoms with E-state index < -0.39 is 0 Å². The molecule has 5 rings (SSSR count). The number of epoxide rings is 1. The Morgan fingerprint density at radius 3 is 2.82 bits per heavy atom. The van der Waals surface area contributed by atoms with Crippen LogP contribution in [-0.2, 0) is 4.74 Å². The van der Waals surface area contributed by atoms with Crippen LogP contribution < -0.4 is 5.32 Å². The predicted molar refractivity (Wildman–Crippen MR) is 116 cm³/mol. The number of nitrogens with one attached hydrogen (secondary N) is 1. The maximum absolute atomic E-state index is 6.46. The van der Waals surface area contributed by atoms with Crippen LogP contribution in [0.5, 0.6) is 0 Å². The van der Waals surface area contributed by atoms with Crippen molar-refractivity contribution in [1.82, 2.24) is 0 Å². The summed E-state index contributed by atoms with van der Waals surface area (Å²) in [5.74, 6) is 0.639. The second-order valence-electron chi connectivity index (χ2n) is 9.94. The summed E-state index contributed by atoms with van der Waals surface area (Å²) in [6.07, 6.45) is 11.3. The molecule has 2 fully saturated rings. The van der Waals surface area contributed by atoms with Crippen molar-refractivity contribution in [2.45, 2.75) is 71.5 Å². The van der Waals surface area contributed by atoms with E-state index in [4.69, 9.17) is 4.74 Å². The van der Waals surface area contributed by atoms with E-state index in [0.29, 0.717) is 17.4 Å². The van der Waals surface area contributed by atoms with Gasteiger partial charge in [-0.3, -0.25) is 0 Å². The number of benzene rings is 1. The SMILES string of the molecule is Cc1cccc(NCC2=CC=C3C4=C(C(C)C)CC[C@]4(C)CC[C@]34O[C@H]4C2)c1. The third kappa shape index (κ3) is 2.80. The molecule has 1 spiro atoms. The molecular formula is C26H33NO. The van der Waals surface area contributed by atoms with Gasteiger partial charge in [0.2, 0.25) is 0 Å². The van der Waals surface area contributed by atoms with Gasteiger partial charge >= 0.3 is 0 Å². The second kappa shape index (κ2) is 6.35. The number of aryl methyl sites for hydroxylation is 1. The maximum Gasteiger partial charge on any atom is 0.120 e. The molecule has 2 heteroatoms. The summed E-state index contributed by atoms with van der Waals surface area (Å²) < 4.78 is 6.46. The highest BCUT2D eigenvalue weighted by atomic mass is 16.6. The van der Waals surface area contributed by atoms with Crippen molar-refractivity contribution < 1.29 is 4.74 Å². The van der Waals surface area contributed by atoms with Crippen molar-refractivity contribution >= 4 is 5.69 Å². The molecule has 1 N–H and O–H groups in total. The topological polar surface area (TPSA) is 24.6 Å². The van der Waals surface area contributed by atoms with Crippen LogP contribution in [0.3, 0.4) is 0 Å². The fraction of sp³-hybridized carbons (Fsp3) is 0.538. The van der Waals surface area contributed by atoms with Crippen molar-refractivity contribution in [3.63, 3.8) is 0 Å². The lowest BCUT2D eigenvalue weighted by Gasteiger charge is -2.39. The van der Waals surface area contributed by atoms with Gasteiger partial charge in [0.15, 0.2) is 0 Å². The van der Waals surface area contributed by atoms with Gasteiger partial charge in [-0.15, -0.1) is 0 Å². The monoisotopic (exact) mass is 375 g/mol. The molecule has 1 aliphatic heterocycles. The minimum atomic E-state index is 0.0148.